The minimum absolute atomic E-state index is 0.279. The number of rotatable bonds is 5. The molecule has 0 saturated heterocycles. The SMILES string of the molecule is [O]CCCCc1cccc(C(F)(F)C(F)(F)F)c1. The van der Waals surface area contributed by atoms with Crippen molar-refractivity contribution in [2.75, 3.05) is 6.61 Å². The lowest BCUT2D eigenvalue weighted by Gasteiger charge is -2.20. The van der Waals surface area contributed by atoms with Gasteiger partial charge in [-0.15, -0.1) is 0 Å². The van der Waals surface area contributed by atoms with Gasteiger partial charge in [-0.05, 0) is 30.9 Å². The first-order valence-electron chi connectivity index (χ1n) is 5.41. The Labute approximate surface area is 101 Å². The molecule has 0 unspecified atom stereocenters. The summed E-state index contributed by atoms with van der Waals surface area (Å²) in [6.45, 7) is -0.279. The van der Waals surface area contributed by atoms with Crippen LogP contribution in [0.1, 0.15) is 24.0 Å². The molecule has 0 atom stereocenters. The molecule has 0 aliphatic heterocycles. The molecule has 0 N–H and O–H groups in total. The van der Waals surface area contributed by atoms with Crippen LogP contribution in [0.3, 0.4) is 0 Å². The number of halogens is 5. The number of benzene rings is 1. The first-order valence-corrected chi connectivity index (χ1v) is 5.41. The molecule has 1 nitrogen and oxygen atoms in total. The topological polar surface area (TPSA) is 19.9 Å². The first-order chi connectivity index (χ1) is 8.29. The molecule has 0 saturated carbocycles. The summed E-state index contributed by atoms with van der Waals surface area (Å²) in [5, 5.41) is 10.2. The van der Waals surface area contributed by atoms with Crippen LogP contribution in [0.25, 0.3) is 0 Å². The third-order valence-corrected chi connectivity index (χ3v) is 2.51. The zero-order valence-corrected chi connectivity index (χ0v) is 9.44. The number of hydrogen-bond acceptors (Lipinski definition) is 0. The Hall–Kier alpha value is -1.17. The lowest BCUT2D eigenvalue weighted by Crippen LogP contribution is -2.33. The highest BCUT2D eigenvalue weighted by Crippen LogP contribution is 2.43. The Balaban J connectivity index is 2.88. The van der Waals surface area contributed by atoms with Gasteiger partial charge in [-0.1, -0.05) is 18.2 Å². The van der Waals surface area contributed by atoms with Crippen LogP contribution in [0.5, 0.6) is 0 Å². The highest BCUT2D eigenvalue weighted by atomic mass is 19.4. The van der Waals surface area contributed by atoms with Crippen molar-refractivity contribution < 1.29 is 27.1 Å². The maximum Gasteiger partial charge on any atom is 0.458 e. The van der Waals surface area contributed by atoms with E-state index in [0.717, 1.165) is 12.1 Å². The molecular formula is C12H12F5O. The van der Waals surface area contributed by atoms with Gasteiger partial charge in [-0.2, -0.15) is 22.0 Å². The van der Waals surface area contributed by atoms with Crippen LogP contribution in [0, 0.1) is 0 Å². The van der Waals surface area contributed by atoms with E-state index in [0.29, 0.717) is 24.8 Å². The van der Waals surface area contributed by atoms with E-state index in [1.54, 1.807) is 0 Å². The fourth-order valence-electron chi connectivity index (χ4n) is 1.52. The van der Waals surface area contributed by atoms with Crippen molar-refractivity contribution in [3.63, 3.8) is 0 Å². The quantitative estimate of drug-likeness (QED) is 0.565. The number of unbranched alkanes of at least 4 members (excludes halogenated alkanes) is 1. The normalized spacial score (nSPS) is 12.8. The number of hydrogen-bond donors (Lipinski definition) is 0. The van der Waals surface area contributed by atoms with Crippen molar-refractivity contribution in [3.05, 3.63) is 35.4 Å². The fraction of sp³-hybridized carbons (Fsp3) is 0.500. The van der Waals surface area contributed by atoms with E-state index in [1.165, 1.54) is 12.1 Å². The van der Waals surface area contributed by atoms with Gasteiger partial charge in [-0.25, -0.2) is 5.11 Å². The second-order valence-corrected chi connectivity index (χ2v) is 3.93. The Bertz CT molecular complexity index is 386. The first kappa shape index (κ1) is 14.9. The van der Waals surface area contributed by atoms with Crippen molar-refractivity contribution in [2.45, 2.75) is 31.4 Å². The van der Waals surface area contributed by atoms with E-state index in [-0.39, 0.29) is 6.61 Å². The van der Waals surface area contributed by atoms with Gasteiger partial charge < -0.3 is 0 Å². The molecule has 101 valence electrons. The molecule has 0 fully saturated rings. The molecule has 0 aliphatic rings. The molecule has 1 radical (unpaired) electrons. The molecule has 0 aliphatic carbocycles. The lowest BCUT2D eigenvalue weighted by molar-refractivity contribution is -0.289. The average molecular weight is 267 g/mol. The molecule has 0 amide bonds. The van der Waals surface area contributed by atoms with Gasteiger partial charge in [0.15, 0.2) is 0 Å². The minimum Gasteiger partial charge on any atom is -0.237 e. The zero-order valence-electron chi connectivity index (χ0n) is 9.44. The molecule has 0 heterocycles. The molecule has 18 heavy (non-hydrogen) atoms. The summed E-state index contributed by atoms with van der Waals surface area (Å²) in [6, 6.07) is 4.24. The largest absolute Gasteiger partial charge is 0.458 e. The van der Waals surface area contributed by atoms with Crippen LogP contribution in [0.2, 0.25) is 0 Å². The van der Waals surface area contributed by atoms with Crippen molar-refractivity contribution in [1.29, 1.82) is 0 Å². The lowest BCUT2D eigenvalue weighted by atomic mass is 10.0. The summed E-state index contributed by atoms with van der Waals surface area (Å²) in [5.74, 6) is -4.85. The van der Waals surface area contributed by atoms with Crippen molar-refractivity contribution in [1.82, 2.24) is 0 Å². The number of aryl methyl sites for hydroxylation is 1. The summed E-state index contributed by atoms with van der Waals surface area (Å²) in [6.07, 6.45) is -4.42. The summed E-state index contributed by atoms with van der Waals surface area (Å²) < 4.78 is 62.6. The van der Waals surface area contributed by atoms with Gasteiger partial charge in [0.2, 0.25) is 0 Å². The van der Waals surface area contributed by atoms with Gasteiger partial charge >= 0.3 is 12.1 Å². The van der Waals surface area contributed by atoms with E-state index in [4.69, 9.17) is 0 Å². The van der Waals surface area contributed by atoms with Gasteiger partial charge in [0.25, 0.3) is 0 Å². The van der Waals surface area contributed by atoms with Crippen LogP contribution in [-0.4, -0.2) is 12.8 Å². The van der Waals surface area contributed by atoms with Gasteiger partial charge in [0.05, 0.1) is 6.61 Å². The Kier molecular flexibility index (Phi) is 4.67. The van der Waals surface area contributed by atoms with Crippen molar-refractivity contribution in [2.24, 2.45) is 0 Å². The van der Waals surface area contributed by atoms with Crippen LogP contribution in [0.4, 0.5) is 22.0 Å². The maximum atomic E-state index is 13.1. The van der Waals surface area contributed by atoms with E-state index in [9.17, 15) is 27.1 Å². The van der Waals surface area contributed by atoms with E-state index >= 15 is 0 Å². The third-order valence-electron chi connectivity index (χ3n) is 2.51. The summed E-state index contributed by atoms with van der Waals surface area (Å²) in [5.41, 5.74) is -0.681. The van der Waals surface area contributed by atoms with Gasteiger partial charge in [0, 0.05) is 5.56 Å². The second-order valence-electron chi connectivity index (χ2n) is 3.93. The van der Waals surface area contributed by atoms with E-state index < -0.39 is 17.7 Å². The minimum atomic E-state index is -5.60. The Morgan fingerprint density at radius 1 is 1.00 bits per heavy atom. The molecule has 0 bridgehead atoms. The smallest absolute Gasteiger partial charge is 0.237 e. The average Bonchev–Trinajstić information content (AvgIpc) is 2.28. The zero-order chi connectivity index (χ0) is 13.8. The molecule has 1 rings (SSSR count). The Morgan fingerprint density at radius 2 is 1.67 bits per heavy atom. The van der Waals surface area contributed by atoms with E-state index in [2.05, 4.69) is 0 Å². The standard InChI is InChI=1S/C12H12F5O/c13-11(14,12(15,16)17)10-6-3-5-9(8-10)4-1-2-7-18/h3,5-6,8H,1-2,4,7H2. The van der Waals surface area contributed by atoms with Crippen molar-refractivity contribution in [3.8, 4) is 0 Å². The number of alkyl halides is 5. The van der Waals surface area contributed by atoms with Crippen LogP contribution in [-0.2, 0) is 17.4 Å². The predicted molar refractivity (Wildman–Crippen MR) is 54.9 cm³/mol. The van der Waals surface area contributed by atoms with Crippen LogP contribution < -0.4 is 0 Å². The molecule has 0 spiro atoms. The highest BCUT2D eigenvalue weighted by molar-refractivity contribution is 5.28. The second kappa shape index (κ2) is 5.65. The van der Waals surface area contributed by atoms with Crippen LogP contribution in [0.15, 0.2) is 24.3 Å². The van der Waals surface area contributed by atoms with Crippen LogP contribution >= 0.6 is 0 Å². The summed E-state index contributed by atoms with van der Waals surface area (Å²) in [7, 11) is 0. The molecular weight excluding hydrogens is 255 g/mol. The highest BCUT2D eigenvalue weighted by Gasteiger charge is 2.58. The Morgan fingerprint density at radius 3 is 2.22 bits per heavy atom. The molecule has 1 aromatic carbocycles. The van der Waals surface area contributed by atoms with Gasteiger partial charge in [0.1, 0.15) is 0 Å². The predicted octanol–water partition coefficient (Wildman–Crippen LogP) is 4.09. The fourth-order valence-corrected chi connectivity index (χ4v) is 1.52. The summed E-state index contributed by atoms with van der Waals surface area (Å²) in [4.78, 5) is 0. The third kappa shape index (κ3) is 3.41. The molecule has 6 heteroatoms. The maximum absolute atomic E-state index is 13.1. The molecule has 1 aromatic rings. The monoisotopic (exact) mass is 267 g/mol. The van der Waals surface area contributed by atoms with Crippen molar-refractivity contribution >= 4 is 0 Å². The van der Waals surface area contributed by atoms with E-state index in [1.807, 2.05) is 0 Å². The summed E-state index contributed by atoms with van der Waals surface area (Å²) >= 11 is 0. The molecule has 0 aromatic heterocycles. The van der Waals surface area contributed by atoms with Gasteiger partial charge in [-0.3, -0.25) is 0 Å².